The standard InChI is InChI=1S/C14H17NO6/c1-21-14(20)11(6-12(16)17)5-10-4-8(13(18)19)2-3-9(10)7-15/h2-4,11H,5-7,15H2,1H3,(H,16,17)(H,18,19). The van der Waals surface area contributed by atoms with Crippen LogP contribution in [-0.2, 0) is 27.3 Å². The van der Waals surface area contributed by atoms with Crippen molar-refractivity contribution in [3.05, 3.63) is 34.9 Å². The van der Waals surface area contributed by atoms with E-state index in [-0.39, 0.29) is 18.5 Å². The zero-order valence-electron chi connectivity index (χ0n) is 11.5. The first-order valence-electron chi connectivity index (χ1n) is 6.23. The Balaban J connectivity index is 3.11. The number of aromatic carboxylic acids is 1. The van der Waals surface area contributed by atoms with E-state index < -0.39 is 30.2 Å². The number of rotatable bonds is 7. The molecule has 0 fully saturated rings. The second kappa shape index (κ2) is 7.39. The molecule has 1 unspecified atom stereocenters. The lowest BCUT2D eigenvalue weighted by Gasteiger charge is -2.15. The fourth-order valence-electron chi connectivity index (χ4n) is 2.03. The van der Waals surface area contributed by atoms with Crippen molar-refractivity contribution in [2.45, 2.75) is 19.4 Å². The van der Waals surface area contributed by atoms with Crippen molar-refractivity contribution >= 4 is 17.9 Å². The maximum absolute atomic E-state index is 11.6. The average Bonchev–Trinajstić information content (AvgIpc) is 2.45. The van der Waals surface area contributed by atoms with E-state index in [1.165, 1.54) is 19.2 Å². The molecule has 0 aliphatic rings. The van der Waals surface area contributed by atoms with Crippen LogP contribution in [0.4, 0.5) is 0 Å². The molecule has 0 saturated heterocycles. The highest BCUT2D eigenvalue weighted by Crippen LogP contribution is 2.19. The van der Waals surface area contributed by atoms with Crippen LogP contribution in [0, 0.1) is 5.92 Å². The quantitative estimate of drug-likeness (QED) is 0.630. The smallest absolute Gasteiger partial charge is 0.335 e. The number of carboxylic acids is 2. The van der Waals surface area contributed by atoms with Gasteiger partial charge in [-0.25, -0.2) is 4.79 Å². The SMILES string of the molecule is COC(=O)C(CC(=O)O)Cc1cc(C(=O)O)ccc1CN. The Kier molecular flexibility index (Phi) is 5.86. The zero-order chi connectivity index (χ0) is 16.0. The summed E-state index contributed by atoms with van der Waals surface area (Å²) in [5.74, 6) is -3.77. The molecular formula is C14H17NO6. The van der Waals surface area contributed by atoms with E-state index in [0.717, 1.165) is 0 Å². The molecule has 114 valence electrons. The fraction of sp³-hybridized carbons (Fsp3) is 0.357. The van der Waals surface area contributed by atoms with Crippen LogP contribution in [0.25, 0.3) is 0 Å². The third kappa shape index (κ3) is 4.57. The molecule has 1 aromatic carbocycles. The predicted octanol–water partition coefficient (Wildman–Crippen LogP) is 0.650. The molecule has 1 atom stereocenters. The van der Waals surface area contributed by atoms with Crippen molar-refractivity contribution in [1.29, 1.82) is 0 Å². The van der Waals surface area contributed by atoms with Gasteiger partial charge in [-0.15, -0.1) is 0 Å². The number of esters is 1. The maximum atomic E-state index is 11.6. The summed E-state index contributed by atoms with van der Waals surface area (Å²) in [4.78, 5) is 33.4. The number of ether oxygens (including phenoxy) is 1. The molecule has 7 heteroatoms. The second-order valence-corrected chi connectivity index (χ2v) is 4.51. The fourth-order valence-corrected chi connectivity index (χ4v) is 2.03. The minimum absolute atomic E-state index is 0.0566. The number of carbonyl (C=O) groups excluding carboxylic acids is 1. The maximum Gasteiger partial charge on any atom is 0.335 e. The van der Waals surface area contributed by atoms with Gasteiger partial charge in [0, 0.05) is 6.54 Å². The lowest BCUT2D eigenvalue weighted by molar-refractivity contribution is -0.150. The molecule has 0 aliphatic heterocycles. The van der Waals surface area contributed by atoms with Crippen LogP contribution in [0.1, 0.15) is 27.9 Å². The van der Waals surface area contributed by atoms with Crippen molar-refractivity contribution in [1.82, 2.24) is 0 Å². The highest BCUT2D eigenvalue weighted by Gasteiger charge is 2.24. The highest BCUT2D eigenvalue weighted by molar-refractivity contribution is 5.88. The summed E-state index contributed by atoms with van der Waals surface area (Å²) in [5, 5.41) is 17.8. The molecule has 0 bridgehead atoms. The molecule has 0 heterocycles. The number of hydrogen-bond donors (Lipinski definition) is 3. The minimum atomic E-state index is -1.13. The van der Waals surface area contributed by atoms with Crippen molar-refractivity contribution < 1.29 is 29.3 Å². The third-order valence-corrected chi connectivity index (χ3v) is 3.09. The average molecular weight is 295 g/mol. The molecule has 21 heavy (non-hydrogen) atoms. The summed E-state index contributed by atoms with van der Waals surface area (Å²) in [6.07, 6.45) is -0.333. The number of carbonyl (C=O) groups is 3. The van der Waals surface area contributed by atoms with Gasteiger partial charge >= 0.3 is 17.9 Å². The summed E-state index contributed by atoms with van der Waals surface area (Å²) in [7, 11) is 1.18. The van der Waals surface area contributed by atoms with Crippen LogP contribution < -0.4 is 5.73 Å². The second-order valence-electron chi connectivity index (χ2n) is 4.51. The first-order valence-corrected chi connectivity index (χ1v) is 6.23. The molecule has 4 N–H and O–H groups in total. The van der Waals surface area contributed by atoms with E-state index in [2.05, 4.69) is 4.74 Å². The van der Waals surface area contributed by atoms with E-state index in [1.54, 1.807) is 6.07 Å². The van der Waals surface area contributed by atoms with Gasteiger partial charge in [-0.1, -0.05) is 6.07 Å². The molecule has 0 radical (unpaired) electrons. The lowest BCUT2D eigenvalue weighted by atomic mass is 9.92. The first kappa shape index (κ1) is 16.6. The van der Waals surface area contributed by atoms with Crippen LogP contribution >= 0.6 is 0 Å². The van der Waals surface area contributed by atoms with Gasteiger partial charge in [0.1, 0.15) is 0 Å². The number of nitrogens with two attached hydrogens (primary N) is 1. The molecule has 1 rings (SSSR count). The van der Waals surface area contributed by atoms with Crippen LogP contribution in [0.15, 0.2) is 18.2 Å². The van der Waals surface area contributed by atoms with E-state index in [9.17, 15) is 14.4 Å². The Labute approximate surface area is 121 Å². The summed E-state index contributed by atoms with van der Waals surface area (Å²) < 4.78 is 4.59. The van der Waals surface area contributed by atoms with Crippen molar-refractivity contribution in [3.8, 4) is 0 Å². The molecule has 7 nitrogen and oxygen atoms in total. The summed E-state index contributed by atoms with van der Waals surface area (Å²) in [6.45, 7) is 0.163. The zero-order valence-corrected chi connectivity index (χ0v) is 11.5. The van der Waals surface area contributed by atoms with Gasteiger partial charge in [-0.3, -0.25) is 9.59 Å². The highest BCUT2D eigenvalue weighted by atomic mass is 16.5. The van der Waals surface area contributed by atoms with Crippen molar-refractivity contribution in [2.24, 2.45) is 11.7 Å². The Hall–Kier alpha value is -2.41. The summed E-state index contributed by atoms with van der Waals surface area (Å²) in [5.41, 5.74) is 6.84. The van der Waals surface area contributed by atoms with Gasteiger partial charge < -0.3 is 20.7 Å². The largest absolute Gasteiger partial charge is 0.481 e. The molecule has 0 aliphatic carbocycles. The van der Waals surface area contributed by atoms with Gasteiger partial charge in [0.2, 0.25) is 0 Å². The number of hydrogen-bond acceptors (Lipinski definition) is 5. The van der Waals surface area contributed by atoms with E-state index in [4.69, 9.17) is 15.9 Å². The van der Waals surface area contributed by atoms with Gasteiger partial charge in [-0.05, 0) is 29.7 Å². The van der Waals surface area contributed by atoms with Crippen LogP contribution in [0.2, 0.25) is 0 Å². The monoisotopic (exact) mass is 295 g/mol. The van der Waals surface area contributed by atoms with Gasteiger partial charge in [0.15, 0.2) is 0 Å². The van der Waals surface area contributed by atoms with E-state index in [0.29, 0.717) is 11.1 Å². The van der Waals surface area contributed by atoms with E-state index in [1.807, 2.05) is 0 Å². The Morgan fingerprint density at radius 3 is 2.38 bits per heavy atom. The van der Waals surface area contributed by atoms with Crippen LogP contribution in [0.5, 0.6) is 0 Å². The Morgan fingerprint density at radius 1 is 1.24 bits per heavy atom. The normalized spacial score (nSPS) is 11.7. The lowest BCUT2D eigenvalue weighted by Crippen LogP contribution is -2.23. The number of aliphatic carboxylic acids is 1. The van der Waals surface area contributed by atoms with Crippen molar-refractivity contribution in [2.75, 3.05) is 7.11 Å². The molecule has 0 aromatic heterocycles. The topological polar surface area (TPSA) is 127 Å². The van der Waals surface area contributed by atoms with Crippen molar-refractivity contribution in [3.63, 3.8) is 0 Å². The number of carboxylic acid groups (broad SMARTS) is 2. The minimum Gasteiger partial charge on any atom is -0.481 e. The van der Waals surface area contributed by atoms with Gasteiger partial charge in [0.05, 0.1) is 25.0 Å². The third-order valence-electron chi connectivity index (χ3n) is 3.09. The predicted molar refractivity (Wildman–Crippen MR) is 72.8 cm³/mol. The molecule has 1 aromatic rings. The molecule has 0 spiro atoms. The first-order chi connectivity index (χ1) is 9.88. The summed E-state index contributed by atoms with van der Waals surface area (Å²) >= 11 is 0. The number of benzene rings is 1. The van der Waals surface area contributed by atoms with Gasteiger partial charge in [-0.2, -0.15) is 0 Å². The molecule has 0 saturated carbocycles. The Bertz CT molecular complexity index is 554. The van der Waals surface area contributed by atoms with Gasteiger partial charge in [0.25, 0.3) is 0 Å². The summed E-state index contributed by atoms with van der Waals surface area (Å²) in [6, 6.07) is 4.38. The van der Waals surface area contributed by atoms with E-state index >= 15 is 0 Å². The van der Waals surface area contributed by atoms with Crippen LogP contribution in [0.3, 0.4) is 0 Å². The Morgan fingerprint density at radius 2 is 1.90 bits per heavy atom. The molecular weight excluding hydrogens is 278 g/mol. The number of methoxy groups -OCH3 is 1. The van der Waals surface area contributed by atoms with Crippen LogP contribution in [-0.4, -0.2) is 35.2 Å². The molecule has 0 amide bonds.